The van der Waals surface area contributed by atoms with E-state index in [4.69, 9.17) is 0 Å². The SMILES string of the molecule is Cc1cc2cccc(C(C)(C)C(=O)O)c2n1C. The first kappa shape index (κ1) is 11.7. The molecule has 90 valence electrons. The Labute approximate surface area is 101 Å². The molecule has 0 amide bonds. The number of carboxylic acid groups (broad SMARTS) is 1. The molecule has 0 spiro atoms. The second kappa shape index (κ2) is 3.62. The van der Waals surface area contributed by atoms with Gasteiger partial charge in [0.15, 0.2) is 0 Å². The van der Waals surface area contributed by atoms with Crippen molar-refractivity contribution in [3.8, 4) is 0 Å². The minimum Gasteiger partial charge on any atom is -0.481 e. The van der Waals surface area contributed by atoms with Gasteiger partial charge in [0, 0.05) is 18.1 Å². The van der Waals surface area contributed by atoms with Crippen molar-refractivity contribution in [2.24, 2.45) is 7.05 Å². The van der Waals surface area contributed by atoms with Gasteiger partial charge in [-0.15, -0.1) is 0 Å². The van der Waals surface area contributed by atoms with Crippen LogP contribution in [0.15, 0.2) is 24.3 Å². The third-order valence-corrected chi connectivity index (χ3v) is 3.50. The highest BCUT2D eigenvalue weighted by molar-refractivity contribution is 5.91. The number of aryl methyl sites for hydroxylation is 2. The van der Waals surface area contributed by atoms with Gasteiger partial charge in [-0.3, -0.25) is 4.79 Å². The summed E-state index contributed by atoms with van der Waals surface area (Å²) < 4.78 is 2.05. The van der Waals surface area contributed by atoms with E-state index < -0.39 is 11.4 Å². The van der Waals surface area contributed by atoms with Crippen molar-refractivity contribution < 1.29 is 9.90 Å². The maximum atomic E-state index is 11.4. The van der Waals surface area contributed by atoms with Gasteiger partial charge in [0.25, 0.3) is 0 Å². The van der Waals surface area contributed by atoms with Crippen molar-refractivity contribution in [1.82, 2.24) is 4.57 Å². The topological polar surface area (TPSA) is 42.2 Å². The maximum Gasteiger partial charge on any atom is 0.313 e. The summed E-state index contributed by atoms with van der Waals surface area (Å²) in [5, 5.41) is 10.4. The predicted molar refractivity (Wildman–Crippen MR) is 68.3 cm³/mol. The Kier molecular flexibility index (Phi) is 2.49. The zero-order valence-electron chi connectivity index (χ0n) is 10.6. The molecule has 17 heavy (non-hydrogen) atoms. The summed E-state index contributed by atoms with van der Waals surface area (Å²) in [5.41, 5.74) is 2.13. The van der Waals surface area contributed by atoms with E-state index in [2.05, 4.69) is 10.6 Å². The molecule has 1 aromatic carbocycles. The zero-order chi connectivity index (χ0) is 12.8. The lowest BCUT2D eigenvalue weighted by Crippen LogP contribution is -2.29. The Hall–Kier alpha value is -1.77. The van der Waals surface area contributed by atoms with Crippen LogP contribution in [0.1, 0.15) is 25.1 Å². The molecule has 0 saturated carbocycles. The van der Waals surface area contributed by atoms with Gasteiger partial charge in [0.05, 0.1) is 10.9 Å². The molecule has 0 saturated heterocycles. The van der Waals surface area contributed by atoms with Crippen LogP contribution >= 0.6 is 0 Å². The highest BCUT2D eigenvalue weighted by atomic mass is 16.4. The van der Waals surface area contributed by atoms with E-state index in [-0.39, 0.29) is 0 Å². The molecule has 1 N–H and O–H groups in total. The average Bonchev–Trinajstić information content (AvgIpc) is 2.54. The van der Waals surface area contributed by atoms with Crippen molar-refractivity contribution >= 4 is 16.9 Å². The van der Waals surface area contributed by atoms with Crippen LogP contribution in [0.5, 0.6) is 0 Å². The first-order valence-corrected chi connectivity index (χ1v) is 5.64. The van der Waals surface area contributed by atoms with Crippen LogP contribution in [-0.4, -0.2) is 15.6 Å². The van der Waals surface area contributed by atoms with Crippen molar-refractivity contribution in [3.63, 3.8) is 0 Å². The van der Waals surface area contributed by atoms with Gasteiger partial charge in [-0.2, -0.15) is 0 Å². The van der Waals surface area contributed by atoms with E-state index in [9.17, 15) is 9.90 Å². The molecule has 0 fully saturated rings. The van der Waals surface area contributed by atoms with E-state index in [0.29, 0.717) is 0 Å². The Morgan fingerprint density at radius 2 is 2.00 bits per heavy atom. The number of aliphatic carboxylic acids is 1. The summed E-state index contributed by atoms with van der Waals surface area (Å²) in [5.74, 6) is -0.802. The van der Waals surface area contributed by atoms with Crippen molar-refractivity contribution in [3.05, 3.63) is 35.5 Å². The second-order valence-electron chi connectivity index (χ2n) is 5.02. The largest absolute Gasteiger partial charge is 0.481 e. The summed E-state index contributed by atoms with van der Waals surface area (Å²) in [6.45, 7) is 5.51. The van der Waals surface area contributed by atoms with Gasteiger partial charge < -0.3 is 9.67 Å². The number of benzene rings is 1. The normalized spacial score (nSPS) is 12.0. The van der Waals surface area contributed by atoms with E-state index in [1.165, 1.54) is 0 Å². The van der Waals surface area contributed by atoms with Crippen LogP contribution in [0.25, 0.3) is 10.9 Å². The quantitative estimate of drug-likeness (QED) is 0.863. The van der Waals surface area contributed by atoms with Crippen molar-refractivity contribution in [2.45, 2.75) is 26.2 Å². The molecule has 0 unspecified atom stereocenters. The lowest BCUT2D eigenvalue weighted by Gasteiger charge is -2.21. The summed E-state index contributed by atoms with van der Waals surface area (Å²) in [6, 6.07) is 7.91. The molecule has 0 aliphatic rings. The first-order valence-electron chi connectivity index (χ1n) is 5.64. The highest BCUT2D eigenvalue weighted by Crippen LogP contribution is 2.31. The van der Waals surface area contributed by atoms with Gasteiger partial charge in [0.1, 0.15) is 0 Å². The fraction of sp³-hybridized carbons (Fsp3) is 0.357. The number of carboxylic acids is 1. The van der Waals surface area contributed by atoms with Gasteiger partial charge in [-0.1, -0.05) is 18.2 Å². The van der Waals surface area contributed by atoms with Gasteiger partial charge in [-0.25, -0.2) is 0 Å². The Bertz CT molecular complexity index is 594. The summed E-state index contributed by atoms with van der Waals surface area (Å²) in [4.78, 5) is 11.4. The van der Waals surface area contributed by atoms with Crippen LogP contribution in [0, 0.1) is 6.92 Å². The molecule has 0 aliphatic carbocycles. The number of hydrogen-bond donors (Lipinski definition) is 1. The highest BCUT2D eigenvalue weighted by Gasteiger charge is 2.31. The Balaban J connectivity index is 2.83. The monoisotopic (exact) mass is 231 g/mol. The molecule has 1 heterocycles. The third kappa shape index (κ3) is 1.62. The number of rotatable bonds is 2. The third-order valence-electron chi connectivity index (χ3n) is 3.50. The number of carbonyl (C=O) groups is 1. The molecule has 3 nitrogen and oxygen atoms in total. The van der Waals surface area contributed by atoms with E-state index >= 15 is 0 Å². The molecule has 0 bridgehead atoms. The zero-order valence-corrected chi connectivity index (χ0v) is 10.6. The number of fused-ring (bicyclic) bond motifs is 1. The number of aromatic nitrogens is 1. The Morgan fingerprint density at radius 1 is 1.35 bits per heavy atom. The number of hydrogen-bond acceptors (Lipinski definition) is 1. The Morgan fingerprint density at radius 3 is 2.59 bits per heavy atom. The molecule has 3 heteroatoms. The molecule has 0 atom stereocenters. The van der Waals surface area contributed by atoms with Gasteiger partial charge >= 0.3 is 5.97 Å². The fourth-order valence-corrected chi connectivity index (χ4v) is 2.17. The fourth-order valence-electron chi connectivity index (χ4n) is 2.17. The standard InChI is InChI=1S/C14H17NO2/c1-9-8-10-6-5-7-11(12(10)15(9)4)14(2,3)13(16)17/h5-8H,1-4H3,(H,16,17). The van der Waals surface area contributed by atoms with Crippen LogP contribution in [-0.2, 0) is 17.3 Å². The molecule has 1 aromatic heterocycles. The smallest absolute Gasteiger partial charge is 0.313 e. The number of nitrogens with zero attached hydrogens (tertiary/aromatic N) is 1. The van der Waals surface area contributed by atoms with Crippen molar-refractivity contribution in [2.75, 3.05) is 0 Å². The lowest BCUT2D eigenvalue weighted by atomic mass is 9.83. The molecular formula is C14H17NO2. The maximum absolute atomic E-state index is 11.4. The first-order chi connectivity index (χ1) is 7.85. The summed E-state index contributed by atoms with van der Waals surface area (Å²) in [7, 11) is 1.97. The molecular weight excluding hydrogens is 214 g/mol. The molecule has 2 rings (SSSR count). The summed E-state index contributed by atoms with van der Waals surface area (Å²) >= 11 is 0. The van der Waals surface area contributed by atoms with Crippen LogP contribution < -0.4 is 0 Å². The minimum absolute atomic E-state index is 0.802. The van der Waals surface area contributed by atoms with Crippen LogP contribution in [0.4, 0.5) is 0 Å². The van der Waals surface area contributed by atoms with Gasteiger partial charge in [0.2, 0.25) is 0 Å². The summed E-state index contributed by atoms with van der Waals surface area (Å²) in [6.07, 6.45) is 0. The van der Waals surface area contributed by atoms with Crippen LogP contribution in [0.2, 0.25) is 0 Å². The molecule has 2 aromatic rings. The minimum atomic E-state index is -0.877. The van der Waals surface area contributed by atoms with Gasteiger partial charge in [-0.05, 0) is 32.4 Å². The average molecular weight is 231 g/mol. The molecule has 0 aliphatic heterocycles. The van der Waals surface area contributed by atoms with Crippen molar-refractivity contribution in [1.29, 1.82) is 0 Å². The molecule has 0 radical (unpaired) electrons. The predicted octanol–water partition coefficient (Wildman–Crippen LogP) is 2.85. The second-order valence-corrected chi connectivity index (χ2v) is 5.02. The van der Waals surface area contributed by atoms with E-state index in [1.54, 1.807) is 13.8 Å². The number of para-hydroxylation sites is 1. The van der Waals surface area contributed by atoms with Crippen LogP contribution in [0.3, 0.4) is 0 Å². The lowest BCUT2D eigenvalue weighted by molar-refractivity contribution is -0.142. The van der Waals surface area contributed by atoms with E-state index in [1.807, 2.05) is 32.2 Å². The van der Waals surface area contributed by atoms with E-state index in [0.717, 1.165) is 22.2 Å².